The number of rotatable bonds is 3. The van der Waals surface area contributed by atoms with E-state index in [-0.39, 0.29) is 29.2 Å². The normalized spacial score (nSPS) is 19.1. The first-order valence-corrected chi connectivity index (χ1v) is 7.31. The zero-order valence-electron chi connectivity index (χ0n) is 12.2. The average Bonchev–Trinajstić information content (AvgIpc) is 2.66. The van der Waals surface area contributed by atoms with Crippen LogP contribution in [0.15, 0.2) is 18.2 Å². The summed E-state index contributed by atoms with van der Waals surface area (Å²) >= 11 is 0. The Morgan fingerprint density at radius 1 is 1.19 bits per heavy atom. The maximum Gasteiger partial charge on any atom is 0.254 e. The minimum Gasteiger partial charge on any atom is -0.504 e. The highest BCUT2D eigenvalue weighted by Crippen LogP contribution is 2.27. The Kier molecular flexibility index (Phi) is 4.83. The van der Waals surface area contributed by atoms with Gasteiger partial charge in [-0.15, -0.1) is 0 Å². The number of amides is 1. The van der Waals surface area contributed by atoms with Gasteiger partial charge in [0.1, 0.15) is 5.78 Å². The summed E-state index contributed by atoms with van der Waals surface area (Å²) in [5, 5.41) is 18.9. The largest absolute Gasteiger partial charge is 0.504 e. The van der Waals surface area contributed by atoms with Gasteiger partial charge in [0.25, 0.3) is 5.91 Å². The summed E-state index contributed by atoms with van der Waals surface area (Å²) in [6, 6.07) is 3.99. The smallest absolute Gasteiger partial charge is 0.254 e. The van der Waals surface area contributed by atoms with Gasteiger partial charge < -0.3 is 15.1 Å². The van der Waals surface area contributed by atoms with Crippen LogP contribution in [0, 0.1) is 0 Å². The van der Waals surface area contributed by atoms with E-state index in [1.807, 2.05) is 0 Å². The van der Waals surface area contributed by atoms with Crippen molar-refractivity contribution in [1.29, 1.82) is 0 Å². The van der Waals surface area contributed by atoms with Gasteiger partial charge in [0.05, 0.1) is 0 Å². The van der Waals surface area contributed by atoms with Gasteiger partial charge in [0.15, 0.2) is 11.5 Å². The summed E-state index contributed by atoms with van der Waals surface area (Å²) in [6.07, 6.45) is 4.19. The molecule has 1 saturated heterocycles. The molecule has 5 nitrogen and oxygen atoms in total. The third-order valence-corrected chi connectivity index (χ3v) is 3.88. The molecular weight excluding hydrogens is 270 g/mol. The van der Waals surface area contributed by atoms with Gasteiger partial charge in [-0.2, -0.15) is 0 Å². The highest BCUT2D eigenvalue weighted by atomic mass is 16.3. The molecule has 1 fully saturated rings. The first-order chi connectivity index (χ1) is 9.99. The lowest BCUT2D eigenvalue weighted by Gasteiger charge is -2.29. The van der Waals surface area contributed by atoms with Crippen molar-refractivity contribution < 1.29 is 19.8 Å². The quantitative estimate of drug-likeness (QED) is 0.839. The number of Topliss-reactive ketones (excluding diaryl/α,β-unsaturated/α-hetero) is 1. The number of benzene rings is 1. The molecule has 114 valence electrons. The number of phenolic OH excluding ortho intramolecular Hbond substituents is 2. The van der Waals surface area contributed by atoms with E-state index in [1.165, 1.54) is 18.2 Å². The van der Waals surface area contributed by atoms with Crippen LogP contribution < -0.4 is 0 Å². The predicted molar refractivity (Wildman–Crippen MR) is 78.4 cm³/mol. The molecule has 1 heterocycles. The summed E-state index contributed by atoms with van der Waals surface area (Å²) in [6.45, 7) is 2.17. The van der Waals surface area contributed by atoms with Crippen LogP contribution in [0.5, 0.6) is 11.5 Å². The molecule has 1 atom stereocenters. The van der Waals surface area contributed by atoms with Crippen molar-refractivity contribution in [2.45, 2.75) is 45.1 Å². The second-order valence-electron chi connectivity index (χ2n) is 5.61. The Morgan fingerprint density at radius 2 is 1.95 bits per heavy atom. The third kappa shape index (κ3) is 3.74. The maximum atomic E-state index is 12.6. The van der Waals surface area contributed by atoms with Gasteiger partial charge in [0.2, 0.25) is 0 Å². The molecule has 1 aliphatic heterocycles. The van der Waals surface area contributed by atoms with Crippen LogP contribution in [-0.2, 0) is 4.79 Å². The van der Waals surface area contributed by atoms with Crippen molar-refractivity contribution >= 4 is 11.7 Å². The summed E-state index contributed by atoms with van der Waals surface area (Å²) in [7, 11) is 0. The number of ketones is 1. The van der Waals surface area contributed by atoms with Crippen molar-refractivity contribution in [1.82, 2.24) is 4.90 Å². The number of nitrogens with zero attached hydrogens (tertiary/aromatic N) is 1. The Hall–Kier alpha value is -2.04. The Balaban J connectivity index is 2.23. The average molecular weight is 291 g/mol. The molecule has 2 rings (SSSR count). The van der Waals surface area contributed by atoms with Gasteiger partial charge in [-0.05, 0) is 38.0 Å². The van der Waals surface area contributed by atoms with Crippen LogP contribution in [0.2, 0.25) is 0 Å². The second-order valence-corrected chi connectivity index (χ2v) is 5.61. The molecule has 0 spiro atoms. The first-order valence-electron chi connectivity index (χ1n) is 7.31. The van der Waals surface area contributed by atoms with Crippen LogP contribution in [0.4, 0.5) is 0 Å². The molecule has 1 amide bonds. The number of hydrogen-bond acceptors (Lipinski definition) is 4. The summed E-state index contributed by atoms with van der Waals surface area (Å²) in [5.74, 6) is -0.673. The highest BCUT2D eigenvalue weighted by Gasteiger charge is 2.27. The lowest BCUT2D eigenvalue weighted by atomic mass is 10.0. The molecule has 1 aromatic carbocycles. The second kappa shape index (κ2) is 6.61. The number of carbonyl (C=O) groups excluding carboxylic acids is 2. The number of hydrogen-bond donors (Lipinski definition) is 2. The van der Waals surface area contributed by atoms with E-state index in [4.69, 9.17) is 0 Å². The number of aromatic hydroxyl groups is 2. The zero-order valence-corrected chi connectivity index (χ0v) is 12.2. The van der Waals surface area contributed by atoms with E-state index in [2.05, 4.69) is 0 Å². The van der Waals surface area contributed by atoms with Crippen LogP contribution in [0.25, 0.3) is 0 Å². The van der Waals surface area contributed by atoms with E-state index in [1.54, 1.807) is 11.8 Å². The van der Waals surface area contributed by atoms with Crippen LogP contribution >= 0.6 is 0 Å². The molecule has 0 bridgehead atoms. The third-order valence-electron chi connectivity index (χ3n) is 3.88. The minimum atomic E-state index is -0.307. The molecule has 5 heteroatoms. The minimum absolute atomic E-state index is 0.0755. The summed E-state index contributed by atoms with van der Waals surface area (Å²) < 4.78 is 0. The molecule has 21 heavy (non-hydrogen) atoms. The monoisotopic (exact) mass is 291 g/mol. The number of likely N-dealkylation sites (tertiary alicyclic amines) is 1. The molecular formula is C16H21NO4. The van der Waals surface area contributed by atoms with Gasteiger partial charge in [-0.3, -0.25) is 9.59 Å². The fourth-order valence-corrected chi connectivity index (χ4v) is 2.81. The zero-order chi connectivity index (χ0) is 15.4. The Labute approximate surface area is 124 Å². The summed E-state index contributed by atoms with van der Waals surface area (Å²) in [5.41, 5.74) is 0.334. The van der Waals surface area contributed by atoms with Gasteiger partial charge in [0, 0.05) is 24.6 Å². The fourth-order valence-electron chi connectivity index (χ4n) is 2.81. The summed E-state index contributed by atoms with van der Waals surface area (Å²) in [4.78, 5) is 25.8. The van der Waals surface area contributed by atoms with E-state index in [9.17, 15) is 19.8 Å². The van der Waals surface area contributed by atoms with Gasteiger partial charge in [-0.25, -0.2) is 0 Å². The Bertz CT molecular complexity index is 541. The standard InChI is InChI=1S/C16H21NO4/c1-11(18)9-13-5-3-2-4-8-17(13)16(21)12-6-7-14(19)15(20)10-12/h6-7,10,13,19-20H,2-5,8-9H2,1H3. The van der Waals surface area contributed by atoms with Crippen LogP contribution in [0.1, 0.15) is 49.4 Å². The van der Waals surface area contributed by atoms with Gasteiger partial charge >= 0.3 is 0 Å². The lowest BCUT2D eigenvalue weighted by molar-refractivity contribution is -0.118. The predicted octanol–water partition coefficient (Wildman–Crippen LogP) is 2.46. The van der Waals surface area contributed by atoms with Crippen molar-refractivity contribution in [3.8, 4) is 11.5 Å². The van der Waals surface area contributed by atoms with Crippen LogP contribution in [-0.4, -0.2) is 39.4 Å². The van der Waals surface area contributed by atoms with E-state index >= 15 is 0 Å². The van der Waals surface area contributed by atoms with E-state index in [0.717, 1.165) is 25.7 Å². The number of carbonyl (C=O) groups is 2. The molecule has 2 N–H and O–H groups in total. The highest BCUT2D eigenvalue weighted by molar-refractivity contribution is 5.95. The molecule has 1 aliphatic rings. The molecule has 1 unspecified atom stereocenters. The first kappa shape index (κ1) is 15.4. The van der Waals surface area contributed by atoms with Crippen molar-refractivity contribution in [2.24, 2.45) is 0 Å². The number of phenols is 2. The molecule has 0 radical (unpaired) electrons. The van der Waals surface area contributed by atoms with Crippen molar-refractivity contribution in [2.75, 3.05) is 6.54 Å². The van der Waals surface area contributed by atoms with E-state index < -0.39 is 0 Å². The van der Waals surface area contributed by atoms with Crippen molar-refractivity contribution in [3.63, 3.8) is 0 Å². The molecule has 0 aromatic heterocycles. The van der Waals surface area contributed by atoms with Crippen molar-refractivity contribution in [3.05, 3.63) is 23.8 Å². The fraction of sp³-hybridized carbons (Fsp3) is 0.500. The maximum absolute atomic E-state index is 12.6. The van der Waals surface area contributed by atoms with Gasteiger partial charge in [-0.1, -0.05) is 12.8 Å². The van der Waals surface area contributed by atoms with Crippen LogP contribution in [0.3, 0.4) is 0 Å². The topological polar surface area (TPSA) is 77.8 Å². The lowest BCUT2D eigenvalue weighted by Crippen LogP contribution is -2.41. The molecule has 0 saturated carbocycles. The van der Waals surface area contributed by atoms with E-state index in [0.29, 0.717) is 18.5 Å². The molecule has 0 aliphatic carbocycles. The molecule has 1 aromatic rings. The SMILES string of the molecule is CC(=O)CC1CCCCCN1C(=O)c1ccc(O)c(O)c1. The Morgan fingerprint density at radius 3 is 2.62 bits per heavy atom.